The lowest BCUT2D eigenvalue weighted by molar-refractivity contribution is 0.275. The molecule has 0 fully saturated rings. The molecule has 14 heteroatoms. The Labute approximate surface area is 352 Å². The molecular weight excluding hydrogens is 1010 g/mol. The standard InChI is InChI=1S/2C9H21N.C7H6Cl3ISi.C7H6ClI.Cl3HSi.ClH/c2*1-4-7-10(8-5-2)9-6-3;8-12(9,10)5-6-3-1-2-4-7(6)11;8-5-6-3-1-2-4-7(6)9;1-4(2)3;/h2*4-9H2,1-3H3;1-4H,5H2;1-4H,5H2;4H;1H. The first-order valence-corrected chi connectivity index (χ1v) is 28.9. The van der Waals surface area contributed by atoms with E-state index in [0.717, 1.165) is 9.13 Å². The van der Waals surface area contributed by atoms with Gasteiger partial charge in [0.2, 0.25) is 0 Å². The topological polar surface area (TPSA) is 6.48 Å². The zero-order valence-corrected chi connectivity index (χ0v) is 40.9. The summed E-state index contributed by atoms with van der Waals surface area (Å²) >= 11 is 42.4. The van der Waals surface area contributed by atoms with Gasteiger partial charge in [-0.15, -0.1) is 90.5 Å². The van der Waals surface area contributed by atoms with Crippen LogP contribution in [0.15, 0.2) is 48.5 Å². The molecule has 2 aromatic rings. The summed E-state index contributed by atoms with van der Waals surface area (Å²) in [6, 6.07) is 14.1. The Morgan fingerprint density at radius 1 is 0.565 bits per heavy atom. The first-order valence-electron chi connectivity index (χ1n) is 15.7. The molecule has 0 aliphatic carbocycles. The van der Waals surface area contributed by atoms with Gasteiger partial charge in [-0.1, -0.05) is 77.9 Å². The van der Waals surface area contributed by atoms with E-state index >= 15 is 0 Å². The number of nitrogens with zero attached hydrogens (tertiary/aromatic N) is 2. The first kappa shape index (κ1) is 55.3. The molecule has 0 aliphatic heterocycles. The van der Waals surface area contributed by atoms with Crippen molar-refractivity contribution in [3.05, 3.63) is 66.8 Å². The van der Waals surface area contributed by atoms with Crippen molar-refractivity contribution in [2.45, 2.75) is 92.0 Å². The van der Waals surface area contributed by atoms with E-state index in [1.807, 2.05) is 42.5 Å². The lowest BCUT2D eigenvalue weighted by atomic mass is 10.2. The van der Waals surface area contributed by atoms with Crippen LogP contribution in [-0.2, 0) is 11.9 Å². The number of rotatable bonds is 15. The minimum atomic E-state index is -2.52. The molecule has 0 radical (unpaired) electrons. The highest BCUT2D eigenvalue weighted by atomic mass is 127. The summed E-state index contributed by atoms with van der Waals surface area (Å²) in [6.45, 7) is 19.4. The van der Waals surface area contributed by atoms with Crippen LogP contribution < -0.4 is 0 Å². The molecule has 0 saturated heterocycles. The summed E-state index contributed by atoms with van der Waals surface area (Å²) < 4.78 is 2.40. The van der Waals surface area contributed by atoms with Gasteiger partial charge in [0, 0.05) is 19.1 Å². The maximum atomic E-state index is 5.81. The summed E-state index contributed by atoms with van der Waals surface area (Å²) in [5.74, 6) is 0.610. The van der Waals surface area contributed by atoms with E-state index in [1.165, 1.54) is 86.9 Å². The van der Waals surface area contributed by atoms with Crippen LogP contribution in [0.3, 0.4) is 0 Å². The number of halogens is 10. The molecule has 0 N–H and O–H groups in total. The quantitative estimate of drug-likeness (QED) is 0.0759. The monoisotopic (exact) mass is 1060 g/mol. The molecule has 46 heavy (non-hydrogen) atoms. The molecule has 2 nitrogen and oxygen atoms in total. The largest absolute Gasteiger partial charge is 0.345 e. The summed E-state index contributed by atoms with van der Waals surface area (Å²) in [5.41, 5.74) is 2.34. The molecule has 272 valence electrons. The molecule has 2 rings (SSSR count). The highest BCUT2D eigenvalue weighted by Gasteiger charge is 2.26. The first-order chi connectivity index (χ1) is 21.3. The highest BCUT2D eigenvalue weighted by molar-refractivity contribution is 14.1. The third-order valence-corrected chi connectivity index (χ3v) is 10.1. The average Bonchev–Trinajstić information content (AvgIpc) is 2.96. The summed E-state index contributed by atoms with van der Waals surface area (Å²) in [6.07, 6.45) is 7.75. The van der Waals surface area contributed by atoms with Crippen LogP contribution in [0, 0.1) is 7.14 Å². The van der Waals surface area contributed by atoms with Crippen LogP contribution in [-0.4, -0.2) is 61.8 Å². The molecule has 2 aromatic carbocycles. The fraction of sp³-hybridized carbons (Fsp3) is 0.625. The van der Waals surface area contributed by atoms with Crippen molar-refractivity contribution in [3.8, 4) is 0 Å². The van der Waals surface area contributed by atoms with E-state index in [4.69, 9.17) is 78.1 Å². The second kappa shape index (κ2) is 38.8. The molecule has 0 heterocycles. The van der Waals surface area contributed by atoms with Gasteiger partial charge in [0.15, 0.2) is 0 Å². The fourth-order valence-electron chi connectivity index (χ4n) is 4.03. The second-order valence-corrected chi connectivity index (χ2v) is 28.2. The van der Waals surface area contributed by atoms with Crippen LogP contribution in [0.5, 0.6) is 0 Å². The van der Waals surface area contributed by atoms with Gasteiger partial charge in [-0.25, -0.2) is 0 Å². The summed E-state index contributed by atoms with van der Waals surface area (Å²) in [5, 5.41) is 0. The van der Waals surface area contributed by atoms with Gasteiger partial charge in [0.25, 0.3) is 0 Å². The zero-order valence-electron chi connectivity index (χ0n) is 28.3. The van der Waals surface area contributed by atoms with E-state index in [-0.39, 0.29) is 12.4 Å². The third kappa shape index (κ3) is 39.4. The van der Waals surface area contributed by atoms with E-state index < -0.39 is 12.7 Å². The van der Waals surface area contributed by atoms with Gasteiger partial charge in [-0.05, 0) is 146 Å². The summed E-state index contributed by atoms with van der Waals surface area (Å²) in [7, 11) is 0. The smallest absolute Gasteiger partial charge is 0.303 e. The van der Waals surface area contributed by atoms with Crippen molar-refractivity contribution in [2.75, 3.05) is 39.3 Å². The molecule has 0 spiro atoms. The minimum Gasteiger partial charge on any atom is -0.303 e. The highest BCUT2D eigenvalue weighted by Crippen LogP contribution is 2.26. The molecule has 0 saturated carbocycles. The molecule has 0 unspecified atom stereocenters. The number of hydrogen-bond acceptors (Lipinski definition) is 2. The van der Waals surface area contributed by atoms with Gasteiger partial charge < -0.3 is 9.80 Å². The van der Waals surface area contributed by atoms with Crippen LogP contribution in [0.2, 0.25) is 0 Å². The van der Waals surface area contributed by atoms with E-state index in [9.17, 15) is 0 Å². The Morgan fingerprint density at radius 2 is 0.826 bits per heavy atom. The lowest BCUT2D eigenvalue weighted by Gasteiger charge is -2.19. The SMILES string of the molecule is CCCN(CCC)CCC.CCCN(CCC)CCC.Cl.ClCc1ccccc1I.Cl[SiH](Cl)Cl.Cl[Si](Cl)(Cl)Cc1ccccc1I. The molecule has 0 aliphatic rings. The Morgan fingerprint density at radius 3 is 1.02 bits per heavy atom. The van der Waals surface area contributed by atoms with Crippen LogP contribution in [0.25, 0.3) is 0 Å². The Balaban J connectivity index is -0.000000245. The van der Waals surface area contributed by atoms with E-state index in [0.29, 0.717) is 11.9 Å². The van der Waals surface area contributed by atoms with Crippen LogP contribution in [0.4, 0.5) is 0 Å². The lowest BCUT2D eigenvalue weighted by Crippen LogP contribution is -2.26. The van der Waals surface area contributed by atoms with Crippen molar-refractivity contribution in [3.63, 3.8) is 0 Å². The minimum absolute atomic E-state index is 0. The Kier molecular flexibility index (Phi) is 46.7. The van der Waals surface area contributed by atoms with Crippen molar-refractivity contribution < 1.29 is 0 Å². The molecule has 0 atom stereocenters. The van der Waals surface area contributed by atoms with Gasteiger partial charge in [-0.3, -0.25) is 0 Å². The van der Waals surface area contributed by atoms with Gasteiger partial charge >= 0.3 is 12.7 Å². The maximum Gasteiger partial charge on any atom is 0.345 e. The number of benzene rings is 2. The Hall–Kier alpha value is 2.57. The fourth-order valence-corrected chi connectivity index (χ4v) is 8.04. The predicted molar refractivity (Wildman–Crippen MR) is 241 cm³/mol. The predicted octanol–water partition coefficient (Wildman–Crippen LogP) is 13.9. The average molecular weight is 1060 g/mol. The Bertz CT molecular complexity index is 867. The number of hydrogen-bond donors (Lipinski definition) is 0. The normalized spacial score (nSPS) is 10.4. The van der Waals surface area contributed by atoms with E-state index in [1.54, 1.807) is 0 Å². The maximum absolute atomic E-state index is 5.81. The van der Waals surface area contributed by atoms with Crippen LogP contribution >= 0.6 is 136 Å². The zero-order chi connectivity index (χ0) is 35.1. The molecule has 0 amide bonds. The van der Waals surface area contributed by atoms with Crippen molar-refractivity contribution in [2.24, 2.45) is 0 Å². The van der Waals surface area contributed by atoms with Gasteiger partial charge in [-0.2, -0.15) is 0 Å². The van der Waals surface area contributed by atoms with E-state index in [2.05, 4.69) is 103 Å². The third-order valence-electron chi connectivity index (χ3n) is 5.69. The van der Waals surface area contributed by atoms with Gasteiger partial charge in [0.1, 0.15) is 0 Å². The van der Waals surface area contributed by atoms with Crippen LogP contribution in [0.1, 0.15) is 91.2 Å². The number of alkyl halides is 1. The van der Waals surface area contributed by atoms with Crippen molar-refractivity contribution in [1.29, 1.82) is 0 Å². The molecular formula is C32H56Cl8I2N2Si2. The molecule has 0 aromatic heterocycles. The second-order valence-electron chi connectivity index (χ2n) is 10.0. The summed E-state index contributed by atoms with van der Waals surface area (Å²) in [4.78, 5) is 5.08. The van der Waals surface area contributed by atoms with Gasteiger partial charge in [0.05, 0.1) is 0 Å². The van der Waals surface area contributed by atoms with Crippen molar-refractivity contribution in [1.82, 2.24) is 9.80 Å². The van der Waals surface area contributed by atoms with Crippen molar-refractivity contribution >= 4 is 148 Å². The molecule has 0 bridgehead atoms.